The van der Waals surface area contributed by atoms with Crippen LogP contribution in [0.25, 0.3) is 0 Å². The average molecular weight is 219 g/mol. The summed E-state index contributed by atoms with van der Waals surface area (Å²) in [6.07, 6.45) is 3.50. The van der Waals surface area contributed by atoms with Gasteiger partial charge in [-0.2, -0.15) is 0 Å². The molecule has 1 aliphatic rings. The molecule has 5 nitrogen and oxygen atoms in total. The summed E-state index contributed by atoms with van der Waals surface area (Å²) in [7, 11) is 0. The molecule has 1 atom stereocenters. The lowest BCUT2D eigenvalue weighted by Gasteiger charge is -2.08. The van der Waals surface area contributed by atoms with Gasteiger partial charge in [-0.1, -0.05) is 12.2 Å². The number of aliphatic carboxylic acids is 1. The number of rotatable bonds is 2. The number of thiocarbonyl (C=S) groups is 1. The highest BCUT2D eigenvalue weighted by Gasteiger charge is 2.25. The summed E-state index contributed by atoms with van der Waals surface area (Å²) in [6.45, 7) is 0. The molecule has 0 radical (unpaired) electrons. The molecule has 0 saturated carbocycles. The van der Waals surface area contributed by atoms with Crippen molar-refractivity contribution in [1.82, 2.24) is 0 Å². The van der Waals surface area contributed by atoms with Crippen molar-refractivity contribution in [3.05, 3.63) is 34.0 Å². The second-order valence-corrected chi connectivity index (χ2v) is 2.87. The fourth-order valence-electron chi connectivity index (χ4n) is 0.894. The van der Waals surface area contributed by atoms with Gasteiger partial charge >= 0.3 is 5.97 Å². The summed E-state index contributed by atoms with van der Waals surface area (Å²) in [5.41, 5.74) is -0.235. The molecule has 1 aliphatic carbocycles. The van der Waals surface area contributed by atoms with E-state index in [-0.39, 0.29) is 15.3 Å². The van der Waals surface area contributed by atoms with Crippen molar-refractivity contribution in [2.24, 2.45) is 5.92 Å². The third kappa shape index (κ3) is 2.43. The largest absolute Gasteiger partial charge is 0.481 e. The fraction of sp³-hybridized carbons (Fsp3) is 0.143. The number of nitrogens with zero attached hydrogens (tertiary/aromatic N) is 1. The van der Waals surface area contributed by atoms with E-state index in [1.807, 2.05) is 0 Å². The van der Waals surface area contributed by atoms with Crippen LogP contribution in [0.1, 0.15) is 0 Å². The summed E-state index contributed by atoms with van der Waals surface area (Å²) < 4.78 is 0. The topological polar surface area (TPSA) is 80.4 Å². The molecule has 0 amide bonds. The van der Waals surface area contributed by atoms with Crippen LogP contribution < -0.4 is 0 Å². The molecule has 0 spiro atoms. The van der Waals surface area contributed by atoms with Gasteiger partial charge in [-0.05, 0) is 6.08 Å². The molecule has 0 saturated heterocycles. The minimum absolute atomic E-state index is 0. The van der Waals surface area contributed by atoms with Crippen molar-refractivity contribution in [3.63, 3.8) is 0 Å². The van der Waals surface area contributed by atoms with Crippen LogP contribution in [0.4, 0.5) is 4.70 Å². The normalized spacial score (nSPS) is 19.6. The summed E-state index contributed by atoms with van der Waals surface area (Å²) in [5, 5.41) is 18.9. The predicted molar refractivity (Wildman–Crippen MR) is 50.4 cm³/mol. The van der Waals surface area contributed by atoms with Crippen LogP contribution in [-0.4, -0.2) is 20.9 Å². The van der Waals surface area contributed by atoms with E-state index in [1.165, 1.54) is 12.2 Å². The molecule has 0 aromatic heterocycles. The number of carboxylic acid groups (broad SMARTS) is 1. The number of hydrogen-bond donors (Lipinski definition) is 1. The minimum atomic E-state index is -1.17. The maximum atomic E-state index is 10.5. The molecule has 76 valence electrons. The summed E-state index contributed by atoms with van der Waals surface area (Å²) in [5.74, 6) is -2.23. The van der Waals surface area contributed by atoms with Gasteiger partial charge in [0.2, 0.25) is 0 Å². The quantitative estimate of drug-likeness (QED) is 0.424. The highest BCUT2D eigenvalue weighted by molar-refractivity contribution is 7.80. The van der Waals surface area contributed by atoms with Crippen molar-refractivity contribution in [3.8, 4) is 0 Å². The first-order valence-electron chi connectivity index (χ1n) is 3.33. The molecule has 1 unspecified atom stereocenters. The number of hydrogen-bond acceptors (Lipinski definition) is 4. The van der Waals surface area contributed by atoms with E-state index < -0.39 is 16.8 Å². The van der Waals surface area contributed by atoms with E-state index in [0.29, 0.717) is 0 Å². The average Bonchev–Trinajstić information content (AvgIpc) is 2.04. The molecule has 0 aromatic carbocycles. The van der Waals surface area contributed by atoms with Gasteiger partial charge < -0.3 is 5.11 Å². The van der Waals surface area contributed by atoms with E-state index in [9.17, 15) is 14.9 Å². The van der Waals surface area contributed by atoms with Crippen LogP contribution in [0.2, 0.25) is 0 Å². The van der Waals surface area contributed by atoms with Crippen LogP contribution in [0.3, 0.4) is 0 Å². The molecule has 1 rings (SSSR count). The number of allylic oxidation sites excluding steroid dienone is 2. The molecular weight excluding hydrogens is 213 g/mol. The molecule has 0 heterocycles. The van der Waals surface area contributed by atoms with Crippen LogP contribution in [0, 0.1) is 16.0 Å². The van der Waals surface area contributed by atoms with Crippen LogP contribution in [0.15, 0.2) is 23.9 Å². The van der Waals surface area contributed by atoms with Gasteiger partial charge in [0.25, 0.3) is 5.70 Å². The zero-order valence-electron chi connectivity index (χ0n) is 6.75. The van der Waals surface area contributed by atoms with E-state index in [4.69, 9.17) is 17.3 Å². The van der Waals surface area contributed by atoms with E-state index >= 15 is 0 Å². The van der Waals surface area contributed by atoms with E-state index in [2.05, 4.69) is 0 Å². The van der Waals surface area contributed by atoms with Gasteiger partial charge in [-0.25, -0.2) is 0 Å². The molecule has 7 heteroatoms. The van der Waals surface area contributed by atoms with Crippen molar-refractivity contribution in [2.75, 3.05) is 0 Å². The second-order valence-electron chi connectivity index (χ2n) is 2.40. The SMILES string of the molecule is F.O=C(O)C1C=C([N+](=O)[O-])C=CC1=S. The lowest BCUT2D eigenvalue weighted by Crippen LogP contribution is -2.22. The van der Waals surface area contributed by atoms with Crippen LogP contribution in [-0.2, 0) is 4.79 Å². The van der Waals surface area contributed by atoms with Gasteiger partial charge in [0.15, 0.2) is 0 Å². The molecular formula is C7H6FNO4S. The van der Waals surface area contributed by atoms with Crippen molar-refractivity contribution >= 4 is 23.1 Å². The highest BCUT2D eigenvalue weighted by atomic mass is 32.1. The van der Waals surface area contributed by atoms with Gasteiger partial charge in [0.05, 0.1) is 4.92 Å². The Morgan fingerprint density at radius 3 is 2.57 bits per heavy atom. The van der Waals surface area contributed by atoms with Gasteiger partial charge in [0, 0.05) is 17.0 Å². The number of carboxylic acids is 1. The number of carbonyl (C=O) groups is 1. The smallest absolute Gasteiger partial charge is 0.316 e. The van der Waals surface area contributed by atoms with Crippen LogP contribution in [0.5, 0.6) is 0 Å². The van der Waals surface area contributed by atoms with Crippen LogP contribution >= 0.6 is 12.2 Å². The molecule has 0 bridgehead atoms. The molecule has 0 aliphatic heterocycles. The van der Waals surface area contributed by atoms with Gasteiger partial charge in [0.1, 0.15) is 5.92 Å². The van der Waals surface area contributed by atoms with Gasteiger partial charge in [-0.15, -0.1) is 0 Å². The second kappa shape index (κ2) is 4.56. The zero-order chi connectivity index (χ0) is 10.0. The predicted octanol–water partition coefficient (Wildman–Crippen LogP) is 0.940. The maximum Gasteiger partial charge on any atom is 0.316 e. The van der Waals surface area contributed by atoms with E-state index in [0.717, 1.165) is 6.08 Å². The molecule has 0 fully saturated rings. The minimum Gasteiger partial charge on any atom is -0.481 e. The standard InChI is InChI=1S/C7H5NO4S.FH/c9-7(10)5-3-4(8(11)12)1-2-6(5)13;/h1-3,5H,(H,9,10);1H. The highest BCUT2D eigenvalue weighted by Crippen LogP contribution is 2.15. The first-order chi connectivity index (χ1) is 6.02. The summed E-state index contributed by atoms with van der Waals surface area (Å²) in [6, 6.07) is 0. The van der Waals surface area contributed by atoms with Crippen molar-refractivity contribution in [1.29, 1.82) is 0 Å². The third-order valence-electron chi connectivity index (χ3n) is 1.54. The Morgan fingerprint density at radius 2 is 2.14 bits per heavy atom. The van der Waals surface area contributed by atoms with E-state index in [1.54, 1.807) is 0 Å². The zero-order valence-corrected chi connectivity index (χ0v) is 7.56. The summed E-state index contributed by atoms with van der Waals surface area (Å²) in [4.78, 5) is 20.4. The fourth-order valence-corrected chi connectivity index (χ4v) is 1.13. The first kappa shape index (κ1) is 12.4. The number of halogens is 1. The Bertz CT molecular complexity index is 350. The Morgan fingerprint density at radius 1 is 1.57 bits per heavy atom. The van der Waals surface area contributed by atoms with Gasteiger partial charge in [-0.3, -0.25) is 19.6 Å². The Balaban J connectivity index is 0.00000169. The molecule has 14 heavy (non-hydrogen) atoms. The maximum absolute atomic E-state index is 10.5. The number of nitro groups is 1. The third-order valence-corrected chi connectivity index (χ3v) is 1.93. The monoisotopic (exact) mass is 219 g/mol. The first-order valence-corrected chi connectivity index (χ1v) is 3.74. The Labute approximate surface area is 83.2 Å². The van der Waals surface area contributed by atoms with Crippen molar-refractivity contribution < 1.29 is 19.5 Å². The lowest BCUT2D eigenvalue weighted by atomic mass is 9.99. The summed E-state index contributed by atoms with van der Waals surface area (Å²) >= 11 is 4.71. The Kier molecular flexibility index (Phi) is 4.03. The molecule has 1 N–H and O–H groups in total. The Hall–Kier alpha value is -1.63. The molecule has 0 aromatic rings. The lowest BCUT2D eigenvalue weighted by molar-refractivity contribution is -0.419. The van der Waals surface area contributed by atoms with Crippen molar-refractivity contribution in [2.45, 2.75) is 0 Å².